The summed E-state index contributed by atoms with van der Waals surface area (Å²) < 4.78 is 30.3. The van der Waals surface area contributed by atoms with Crippen LogP contribution >= 0.6 is 0 Å². The van der Waals surface area contributed by atoms with Crippen molar-refractivity contribution in [2.24, 2.45) is 0 Å². The maximum atomic E-state index is 13.8. The molecule has 0 aromatic heterocycles. The summed E-state index contributed by atoms with van der Waals surface area (Å²) in [6, 6.07) is 18.4. The van der Waals surface area contributed by atoms with Crippen LogP contribution in [0.25, 0.3) is 0 Å². The van der Waals surface area contributed by atoms with Gasteiger partial charge in [0.2, 0.25) is 0 Å². The summed E-state index contributed by atoms with van der Waals surface area (Å²) >= 11 is 0. The first-order valence-electron chi connectivity index (χ1n) is 12.5. The molecule has 6 heteroatoms. The summed E-state index contributed by atoms with van der Waals surface area (Å²) in [4.78, 5) is 11.4. The van der Waals surface area contributed by atoms with Gasteiger partial charge in [0.25, 0.3) is 10.0 Å². The van der Waals surface area contributed by atoms with Gasteiger partial charge in [-0.05, 0) is 82.7 Å². The van der Waals surface area contributed by atoms with E-state index in [0.717, 1.165) is 34.2 Å². The van der Waals surface area contributed by atoms with Gasteiger partial charge in [-0.3, -0.25) is 4.72 Å². The Hall–Kier alpha value is -3.12. The zero-order chi connectivity index (χ0) is 26.6. The van der Waals surface area contributed by atoms with Crippen LogP contribution in [0.3, 0.4) is 0 Å². The molecule has 0 atom stereocenters. The summed E-state index contributed by atoms with van der Waals surface area (Å²) in [5.74, 6) is -0.512. The van der Waals surface area contributed by atoms with Crippen LogP contribution in [0.1, 0.15) is 97.5 Å². The van der Waals surface area contributed by atoms with Gasteiger partial charge in [-0.2, -0.15) is 0 Å². The van der Waals surface area contributed by atoms with E-state index in [2.05, 4.69) is 18.6 Å². The van der Waals surface area contributed by atoms with Crippen molar-refractivity contribution in [2.45, 2.75) is 77.0 Å². The first-order chi connectivity index (χ1) is 16.9. The van der Waals surface area contributed by atoms with Crippen LogP contribution in [0.15, 0.2) is 65.6 Å². The van der Waals surface area contributed by atoms with Crippen LogP contribution in [0.2, 0.25) is 0 Å². The van der Waals surface area contributed by atoms with Gasteiger partial charge in [0.05, 0.1) is 10.5 Å². The quantitative estimate of drug-likeness (QED) is 0.301. The number of nitrogens with one attached hydrogen (secondary N) is 1. The highest BCUT2D eigenvalue weighted by Crippen LogP contribution is 2.36. The van der Waals surface area contributed by atoms with Crippen LogP contribution in [0.5, 0.6) is 0 Å². The van der Waals surface area contributed by atoms with Crippen LogP contribution in [-0.4, -0.2) is 19.5 Å². The van der Waals surface area contributed by atoms with Crippen molar-refractivity contribution in [1.29, 1.82) is 0 Å². The summed E-state index contributed by atoms with van der Waals surface area (Å²) in [6.07, 6.45) is 1.43. The largest absolute Gasteiger partial charge is 0.478 e. The smallest absolute Gasteiger partial charge is 0.335 e. The average Bonchev–Trinajstić information content (AvgIpc) is 2.82. The molecule has 0 aliphatic rings. The highest BCUT2D eigenvalue weighted by Gasteiger charge is 2.27. The van der Waals surface area contributed by atoms with Gasteiger partial charge in [-0.25, -0.2) is 13.2 Å². The summed E-state index contributed by atoms with van der Waals surface area (Å²) in [5, 5.41) is 9.07. The fourth-order valence-electron chi connectivity index (χ4n) is 4.30. The number of carboxylic acid groups (broad SMARTS) is 1. The molecule has 5 nitrogen and oxygen atoms in total. The first-order valence-corrected chi connectivity index (χ1v) is 14.0. The molecule has 0 fully saturated rings. The molecule has 0 spiro atoms. The molecule has 3 rings (SSSR count). The fourth-order valence-corrected chi connectivity index (χ4v) is 6.05. The standard InChI is InChI=1S/C30H37NO4S/c1-19(2)25-17-27(20(3)4)29(28(18-25)21(5)6)36(34,35)31-26-9-7-8-23(16-26)11-10-22-12-14-24(15-13-22)30(32)33/h7-9,12-21,31H,10-11H2,1-6H3,(H,32,33). The Bertz CT molecular complexity index is 1290. The Kier molecular flexibility index (Phi) is 8.62. The maximum absolute atomic E-state index is 13.8. The van der Waals surface area contributed by atoms with E-state index >= 15 is 0 Å². The zero-order valence-electron chi connectivity index (χ0n) is 22.0. The Morgan fingerprint density at radius 3 is 1.83 bits per heavy atom. The van der Waals surface area contributed by atoms with E-state index in [4.69, 9.17) is 5.11 Å². The van der Waals surface area contributed by atoms with E-state index in [1.165, 1.54) is 0 Å². The molecule has 0 heterocycles. The Morgan fingerprint density at radius 2 is 1.33 bits per heavy atom. The SMILES string of the molecule is CC(C)c1cc(C(C)C)c(S(=O)(=O)Nc2cccc(CCc3ccc(C(=O)O)cc3)c2)c(C(C)C)c1. The van der Waals surface area contributed by atoms with Gasteiger partial charge >= 0.3 is 5.97 Å². The molecule has 3 aromatic carbocycles. The Morgan fingerprint density at radius 1 is 0.778 bits per heavy atom. The van der Waals surface area contributed by atoms with Crippen LogP contribution < -0.4 is 4.72 Å². The molecule has 0 aliphatic carbocycles. The van der Waals surface area contributed by atoms with Crippen molar-refractivity contribution in [3.8, 4) is 0 Å². The molecule has 0 saturated carbocycles. The molecule has 192 valence electrons. The van der Waals surface area contributed by atoms with Crippen molar-refractivity contribution in [1.82, 2.24) is 0 Å². The highest BCUT2D eigenvalue weighted by atomic mass is 32.2. The van der Waals surface area contributed by atoms with Crippen LogP contribution in [0.4, 0.5) is 5.69 Å². The molecule has 0 bridgehead atoms. The van der Waals surface area contributed by atoms with Gasteiger partial charge in [0.15, 0.2) is 0 Å². The molecule has 36 heavy (non-hydrogen) atoms. The Balaban J connectivity index is 1.89. The number of aryl methyl sites for hydroxylation is 2. The van der Waals surface area contributed by atoms with Crippen LogP contribution in [-0.2, 0) is 22.9 Å². The van der Waals surface area contributed by atoms with Crippen molar-refractivity contribution >= 4 is 21.7 Å². The zero-order valence-corrected chi connectivity index (χ0v) is 22.8. The van der Waals surface area contributed by atoms with E-state index in [1.807, 2.05) is 70.2 Å². The highest BCUT2D eigenvalue weighted by molar-refractivity contribution is 7.92. The topological polar surface area (TPSA) is 83.5 Å². The minimum atomic E-state index is -3.81. The number of carboxylic acids is 1. The molecule has 0 radical (unpaired) electrons. The third-order valence-corrected chi connectivity index (χ3v) is 7.94. The van der Waals surface area contributed by atoms with Crippen LogP contribution in [0, 0.1) is 0 Å². The summed E-state index contributed by atoms with van der Waals surface area (Å²) in [7, 11) is -3.81. The maximum Gasteiger partial charge on any atom is 0.335 e. The summed E-state index contributed by atoms with van der Waals surface area (Å²) in [6.45, 7) is 12.4. The van der Waals surface area contributed by atoms with E-state index in [0.29, 0.717) is 22.9 Å². The molecule has 0 unspecified atom stereocenters. The molecular weight excluding hydrogens is 470 g/mol. The lowest BCUT2D eigenvalue weighted by Crippen LogP contribution is -2.19. The monoisotopic (exact) mass is 507 g/mol. The number of anilines is 1. The van der Waals surface area contributed by atoms with Gasteiger partial charge in [-0.15, -0.1) is 0 Å². The number of sulfonamides is 1. The molecule has 0 amide bonds. The molecular formula is C30H37NO4S. The summed E-state index contributed by atoms with van der Waals surface area (Å²) in [5.41, 5.74) is 5.67. The second kappa shape index (κ2) is 11.3. The van der Waals surface area contributed by atoms with Crippen molar-refractivity contribution < 1.29 is 18.3 Å². The number of benzene rings is 3. The van der Waals surface area contributed by atoms with E-state index in [1.54, 1.807) is 18.2 Å². The van der Waals surface area contributed by atoms with Crippen molar-refractivity contribution in [3.63, 3.8) is 0 Å². The second-order valence-electron chi connectivity index (χ2n) is 10.3. The predicted octanol–water partition coefficient (Wildman–Crippen LogP) is 7.34. The predicted molar refractivity (Wildman–Crippen MR) is 147 cm³/mol. The number of hydrogen-bond donors (Lipinski definition) is 2. The third-order valence-electron chi connectivity index (χ3n) is 6.43. The number of carbonyl (C=O) groups is 1. The molecule has 2 N–H and O–H groups in total. The third kappa shape index (κ3) is 6.55. The van der Waals surface area contributed by atoms with Crippen molar-refractivity contribution in [3.05, 3.63) is 94.0 Å². The van der Waals surface area contributed by atoms with E-state index < -0.39 is 16.0 Å². The first kappa shape index (κ1) is 27.5. The molecule has 0 saturated heterocycles. The van der Waals surface area contributed by atoms with Gasteiger partial charge in [-0.1, -0.05) is 77.9 Å². The molecule has 0 aliphatic heterocycles. The number of aromatic carboxylic acids is 1. The Labute approximate surface area is 215 Å². The van der Waals surface area contributed by atoms with Gasteiger partial charge in [0.1, 0.15) is 0 Å². The lowest BCUT2D eigenvalue weighted by atomic mass is 9.89. The number of hydrogen-bond acceptors (Lipinski definition) is 3. The lowest BCUT2D eigenvalue weighted by Gasteiger charge is -2.23. The second-order valence-corrected chi connectivity index (χ2v) is 11.9. The normalized spacial score (nSPS) is 11.9. The van der Waals surface area contributed by atoms with Crippen molar-refractivity contribution in [2.75, 3.05) is 4.72 Å². The minimum absolute atomic E-state index is 0.0617. The average molecular weight is 508 g/mol. The van der Waals surface area contributed by atoms with Gasteiger partial charge in [0, 0.05) is 5.69 Å². The van der Waals surface area contributed by atoms with Gasteiger partial charge < -0.3 is 5.11 Å². The fraction of sp³-hybridized carbons (Fsp3) is 0.367. The molecule has 3 aromatic rings. The van der Waals surface area contributed by atoms with E-state index in [-0.39, 0.29) is 17.4 Å². The number of rotatable bonds is 10. The lowest BCUT2D eigenvalue weighted by molar-refractivity contribution is 0.0697. The van der Waals surface area contributed by atoms with E-state index in [9.17, 15) is 13.2 Å². The minimum Gasteiger partial charge on any atom is -0.478 e.